The fourth-order valence-electron chi connectivity index (χ4n) is 3.54. The number of amides is 1. The van der Waals surface area contributed by atoms with E-state index in [0.717, 1.165) is 28.5 Å². The van der Waals surface area contributed by atoms with E-state index in [0.29, 0.717) is 19.0 Å². The Balaban J connectivity index is 1.43. The number of para-hydroxylation sites is 2. The van der Waals surface area contributed by atoms with Gasteiger partial charge in [-0.2, -0.15) is 4.52 Å². The average Bonchev–Trinajstić information content (AvgIpc) is 3.35. The third-order valence-electron chi connectivity index (χ3n) is 4.91. The van der Waals surface area contributed by atoms with Gasteiger partial charge in [-0.3, -0.25) is 14.7 Å². The van der Waals surface area contributed by atoms with Crippen molar-refractivity contribution in [3.63, 3.8) is 0 Å². The Morgan fingerprint density at radius 3 is 3.04 bits per heavy atom. The van der Waals surface area contributed by atoms with E-state index in [-0.39, 0.29) is 23.2 Å². The minimum atomic E-state index is -0.452. The van der Waals surface area contributed by atoms with Gasteiger partial charge < -0.3 is 9.32 Å². The zero-order chi connectivity index (χ0) is 18.4. The number of likely N-dealkylation sites (tertiary alicyclic amines) is 1. The van der Waals surface area contributed by atoms with Crippen LogP contribution in [0.4, 0.5) is 0 Å². The quantitative estimate of drug-likeness (QED) is 0.578. The van der Waals surface area contributed by atoms with Crippen LogP contribution in [0.15, 0.2) is 46.0 Å². The van der Waals surface area contributed by atoms with Gasteiger partial charge in [0.2, 0.25) is 0 Å². The van der Waals surface area contributed by atoms with Crippen molar-refractivity contribution in [1.82, 2.24) is 29.5 Å². The summed E-state index contributed by atoms with van der Waals surface area (Å²) in [5.41, 5.74) is 1.12. The summed E-state index contributed by atoms with van der Waals surface area (Å²) in [6.45, 7) is 1.04. The van der Waals surface area contributed by atoms with Crippen LogP contribution < -0.4 is 5.56 Å². The molecule has 27 heavy (non-hydrogen) atoms. The molecule has 1 amide bonds. The number of hydrogen-bond acceptors (Lipinski definition) is 6. The number of H-pyrrole nitrogens is 1. The third kappa shape index (κ3) is 2.59. The van der Waals surface area contributed by atoms with Crippen LogP contribution in [0.3, 0.4) is 0 Å². The molecule has 5 rings (SSSR count). The molecular formula is C18H16N6O3. The molecule has 1 aliphatic heterocycles. The normalized spacial score (nSPS) is 17.6. The van der Waals surface area contributed by atoms with Crippen molar-refractivity contribution in [2.24, 2.45) is 0 Å². The summed E-state index contributed by atoms with van der Waals surface area (Å²) in [4.78, 5) is 39.6. The van der Waals surface area contributed by atoms with Gasteiger partial charge >= 0.3 is 0 Å². The molecule has 1 saturated heterocycles. The van der Waals surface area contributed by atoms with Crippen LogP contribution in [0.1, 0.15) is 35.0 Å². The Hall–Kier alpha value is -3.49. The predicted molar refractivity (Wildman–Crippen MR) is 95.5 cm³/mol. The van der Waals surface area contributed by atoms with Crippen molar-refractivity contribution in [3.8, 4) is 0 Å². The number of aromatic nitrogens is 5. The minimum absolute atomic E-state index is 0.00157. The number of aromatic amines is 1. The van der Waals surface area contributed by atoms with Crippen LogP contribution in [0, 0.1) is 0 Å². The van der Waals surface area contributed by atoms with E-state index >= 15 is 0 Å². The minimum Gasteiger partial charge on any atom is -0.440 e. The molecule has 1 aromatic carbocycles. The van der Waals surface area contributed by atoms with Crippen LogP contribution in [-0.2, 0) is 0 Å². The van der Waals surface area contributed by atoms with Crippen molar-refractivity contribution in [2.75, 3.05) is 13.1 Å². The zero-order valence-corrected chi connectivity index (χ0v) is 14.3. The molecule has 4 heterocycles. The highest BCUT2D eigenvalue weighted by atomic mass is 16.3. The number of rotatable bonds is 2. The molecule has 3 aromatic heterocycles. The Morgan fingerprint density at radius 1 is 1.26 bits per heavy atom. The summed E-state index contributed by atoms with van der Waals surface area (Å²) in [6.07, 6.45) is 4.36. The molecule has 0 saturated carbocycles. The van der Waals surface area contributed by atoms with Crippen molar-refractivity contribution in [3.05, 3.63) is 58.6 Å². The molecule has 9 heteroatoms. The Labute approximate surface area is 152 Å². The topological polar surface area (TPSA) is 109 Å². The summed E-state index contributed by atoms with van der Waals surface area (Å²) >= 11 is 0. The van der Waals surface area contributed by atoms with E-state index in [1.807, 2.05) is 24.3 Å². The highest BCUT2D eigenvalue weighted by molar-refractivity contribution is 5.93. The maximum Gasteiger partial charge on any atom is 0.286 e. The van der Waals surface area contributed by atoms with Gasteiger partial charge in [-0.15, -0.1) is 0 Å². The van der Waals surface area contributed by atoms with E-state index in [1.54, 1.807) is 4.90 Å². The summed E-state index contributed by atoms with van der Waals surface area (Å²) in [7, 11) is 0. The zero-order valence-electron chi connectivity index (χ0n) is 14.3. The Kier molecular flexibility index (Phi) is 3.52. The van der Waals surface area contributed by atoms with E-state index < -0.39 is 5.56 Å². The summed E-state index contributed by atoms with van der Waals surface area (Å²) in [5, 5.41) is 2.67. The summed E-state index contributed by atoms with van der Waals surface area (Å²) < 4.78 is 7.03. The standard InChI is InChI=1S/C18H16N6O3/c25-16(12-8-19-18-20-10-21-24(18)17(12)26)23-7-3-4-11(9-23)15-22-13-5-1-2-6-14(13)27-15/h1-2,5-6,8,10-11H,3-4,7,9H2,(H,19,20,21)/t11-/m0/s1. The van der Waals surface area contributed by atoms with Crippen molar-refractivity contribution >= 4 is 22.8 Å². The van der Waals surface area contributed by atoms with E-state index in [9.17, 15) is 9.59 Å². The lowest BCUT2D eigenvalue weighted by molar-refractivity contribution is 0.0696. The molecule has 0 bridgehead atoms. The van der Waals surface area contributed by atoms with Crippen LogP contribution in [0.2, 0.25) is 0 Å². The first-order valence-electron chi connectivity index (χ1n) is 8.76. The molecule has 4 aromatic rings. The molecule has 9 nitrogen and oxygen atoms in total. The van der Waals surface area contributed by atoms with Crippen LogP contribution in [-0.4, -0.2) is 48.5 Å². The van der Waals surface area contributed by atoms with E-state index in [2.05, 4.69) is 20.1 Å². The van der Waals surface area contributed by atoms with E-state index in [1.165, 1.54) is 12.5 Å². The van der Waals surface area contributed by atoms with Crippen molar-refractivity contribution in [2.45, 2.75) is 18.8 Å². The molecule has 1 atom stereocenters. The second-order valence-electron chi connectivity index (χ2n) is 6.61. The van der Waals surface area contributed by atoms with Crippen molar-refractivity contribution in [1.29, 1.82) is 0 Å². The predicted octanol–water partition coefficient (Wildman–Crippen LogP) is 1.58. The van der Waals surface area contributed by atoms with Gasteiger partial charge in [0, 0.05) is 19.3 Å². The first-order chi connectivity index (χ1) is 13.2. The lowest BCUT2D eigenvalue weighted by Crippen LogP contribution is -2.41. The number of nitrogens with one attached hydrogen (secondary N) is 1. The van der Waals surface area contributed by atoms with Crippen LogP contribution in [0.5, 0.6) is 0 Å². The molecule has 0 aliphatic carbocycles. The van der Waals surface area contributed by atoms with Gasteiger partial charge in [-0.05, 0) is 25.0 Å². The number of hydrogen-bond donors (Lipinski definition) is 1. The van der Waals surface area contributed by atoms with Gasteiger partial charge in [0.15, 0.2) is 11.5 Å². The van der Waals surface area contributed by atoms with Gasteiger partial charge in [-0.1, -0.05) is 12.1 Å². The average molecular weight is 364 g/mol. The molecule has 1 aliphatic rings. The maximum atomic E-state index is 12.9. The Bertz CT molecular complexity index is 1170. The molecule has 1 N–H and O–H groups in total. The largest absolute Gasteiger partial charge is 0.440 e. The second-order valence-corrected chi connectivity index (χ2v) is 6.61. The number of benzene rings is 1. The Morgan fingerprint density at radius 2 is 2.15 bits per heavy atom. The number of carbonyl (C=O) groups is 1. The van der Waals surface area contributed by atoms with Crippen LogP contribution >= 0.6 is 0 Å². The molecule has 0 spiro atoms. The first kappa shape index (κ1) is 15.7. The SMILES string of the molecule is O=C(c1cnc2nc[nH]n2c1=O)N1CCC[C@H](c2nc3ccccc3o2)C1. The smallest absolute Gasteiger partial charge is 0.286 e. The summed E-state index contributed by atoms with van der Waals surface area (Å²) in [6, 6.07) is 7.60. The van der Waals surface area contributed by atoms with Crippen LogP contribution in [0.25, 0.3) is 16.9 Å². The molecule has 0 unspecified atom stereocenters. The van der Waals surface area contributed by atoms with Gasteiger partial charge in [0.1, 0.15) is 17.4 Å². The fraction of sp³-hybridized carbons (Fsp3) is 0.278. The van der Waals surface area contributed by atoms with Gasteiger partial charge in [-0.25, -0.2) is 15.0 Å². The maximum absolute atomic E-state index is 12.9. The highest BCUT2D eigenvalue weighted by Gasteiger charge is 2.30. The number of carbonyl (C=O) groups excluding carboxylic acids is 1. The molecule has 1 fully saturated rings. The lowest BCUT2D eigenvalue weighted by atomic mass is 9.97. The number of nitrogens with zero attached hydrogens (tertiary/aromatic N) is 5. The lowest BCUT2D eigenvalue weighted by Gasteiger charge is -2.31. The number of oxazole rings is 1. The molecule has 136 valence electrons. The fourth-order valence-corrected chi connectivity index (χ4v) is 3.54. The van der Waals surface area contributed by atoms with Gasteiger partial charge in [0.25, 0.3) is 17.2 Å². The molecule has 0 radical (unpaired) electrons. The third-order valence-corrected chi connectivity index (χ3v) is 4.91. The number of piperidine rings is 1. The number of fused-ring (bicyclic) bond motifs is 2. The second kappa shape index (κ2) is 6.04. The van der Waals surface area contributed by atoms with Crippen molar-refractivity contribution < 1.29 is 9.21 Å². The highest BCUT2D eigenvalue weighted by Crippen LogP contribution is 2.29. The first-order valence-corrected chi connectivity index (χ1v) is 8.76. The van der Waals surface area contributed by atoms with Gasteiger partial charge in [0.05, 0.1) is 5.92 Å². The monoisotopic (exact) mass is 364 g/mol. The summed E-state index contributed by atoms with van der Waals surface area (Å²) in [5.74, 6) is 0.533. The molecular weight excluding hydrogens is 348 g/mol. The van der Waals surface area contributed by atoms with E-state index in [4.69, 9.17) is 4.42 Å².